The van der Waals surface area contributed by atoms with Crippen LogP contribution in [0, 0.1) is 0 Å². The number of hydrogen-bond acceptors (Lipinski definition) is 4. The van der Waals surface area contributed by atoms with Crippen molar-refractivity contribution in [2.45, 2.75) is 6.54 Å². The average molecular weight is 287 g/mol. The molecule has 0 aliphatic rings. The number of aromatic hydroxyl groups is 2. The Bertz CT molecular complexity index is 679. The van der Waals surface area contributed by atoms with Crippen molar-refractivity contribution in [2.24, 2.45) is 0 Å². The highest BCUT2D eigenvalue weighted by molar-refractivity contribution is 5.97. The fourth-order valence-electron chi connectivity index (χ4n) is 1.76. The fourth-order valence-corrected chi connectivity index (χ4v) is 1.76. The van der Waals surface area contributed by atoms with Crippen molar-refractivity contribution in [1.29, 1.82) is 0 Å². The van der Waals surface area contributed by atoms with Gasteiger partial charge in [-0.25, -0.2) is 4.79 Å². The van der Waals surface area contributed by atoms with E-state index in [2.05, 4.69) is 5.32 Å². The number of amides is 1. The first-order chi connectivity index (χ1) is 9.99. The van der Waals surface area contributed by atoms with Crippen LogP contribution in [-0.2, 0) is 6.54 Å². The number of carbonyl (C=O) groups is 2. The lowest BCUT2D eigenvalue weighted by atomic mass is 10.1. The van der Waals surface area contributed by atoms with Crippen LogP contribution in [0.4, 0.5) is 0 Å². The second-order valence-corrected chi connectivity index (χ2v) is 4.36. The van der Waals surface area contributed by atoms with E-state index < -0.39 is 17.6 Å². The summed E-state index contributed by atoms with van der Waals surface area (Å²) in [6, 6.07) is 10.2. The molecule has 2 rings (SSSR count). The molecule has 108 valence electrons. The first-order valence-electron chi connectivity index (χ1n) is 6.10. The summed E-state index contributed by atoms with van der Waals surface area (Å²) in [5.74, 6) is -2.40. The van der Waals surface area contributed by atoms with Gasteiger partial charge in [0.2, 0.25) is 0 Å². The van der Waals surface area contributed by atoms with E-state index in [4.69, 9.17) is 5.11 Å². The van der Waals surface area contributed by atoms with Crippen molar-refractivity contribution in [1.82, 2.24) is 5.32 Å². The van der Waals surface area contributed by atoms with E-state index in [1.54, 1.807) is 12.1 Å². The van der Waals surface area contributed by atoms with Gasteiger partial charge < -0.3 is 20.6 Å². The Morgan fingerprint density at radius 3 is 2.29 bits per heavy atom. The standard InChI is InChI=1S/C15H13NO5/c17-12-3-1-2-11(13(12)18)14(19)16-8-9-4-6-10(7-5-9)15(20)21/h1-7,17-18H,8H2,(H,16,19)(H,20,21). The summed E-state index contributed by atoms with van der Waals surface area (Å²) in [5.41, 5.74) is 0.848. The summed E-state index contributed by atoms with van der Waals surface area (Å²) >= 11 is 0. The van der Waals surface area contributed by atoms with Gasteiger partial charge in [-0.2, -0.15) is 0 Å². The van der Waals surface area contributed by atoms with Crippen molar-refractivity contribution >= 4 is 11.9 Å². The molecule has 21 heavy (non-hydrogen) atoms. The van der Waals surface area contributed by atoms with E-state index in [9.17, 15) is 19.8 Å². The molecular formula is C15H13NO5. The molecule has 4 N–H and O–H groups in total. The van der Waals surface area contributed by atoms with Crippen LogP contribution in [0.3, 0.4) is 0 Å². The van der Waals surface area contributed by atoms with Gasteiger partial charge in [-0.1, -0.05) is 18.2 Å². The van der Waals surface area contributed by atoms with Gasteiger partial charge in [0, 0.05) is 6.54 Å². The average Bonchev–Trinajstić information content (AvgIpc) is 2.48. The molecule has 2 aromatic rings. The van der Waals surface area contributed by atoms with E-state index in [1.165, 1.54) is 30.3 Å². The Hall–Kier alpha value is -3.02. The minimum Gasteiger partial charge on any atom is -0.504 e. The molecule has 2 aromatic carbocycles. The number of carbonyl (C=O) groups excluding carboxylic acids is 1. The fraction of sp³-hybridized carbons (Fsp3) is 0.0667. The Kier molecular flexibility index (Phi) is 4.08. The number of carboxylic acids is 1. The van der Waals surface area contributed by atoms with Crippen LogP contribution in [0.2, 0.25) is 0 Å². The maximum absolute atomic E-state index is 11.9. The summed E-state index contributed by atoms with van der Waals surface area (Å²) in [7, 11) is 0. The molecule has 0 aliphatic carbocycles. The van der Waals surface area contributed by atoms with E-state index in [1.807, 2.05) is 0 Å². The monoisotopic (exact) mass is 287 g/mol. The zero-order chi connectivity index (χ0) is 15.4. The quantitative estimate of drug-likeness (QED) is 0.641. The maximum Gasteiger partial charge on any atom is 0.335 e. The molecule has 1 amide bonds. The molecule has 0 aliphatic heterocycles. The van der Waals surface area contributed by atoms with Gasteiger partial charge in [0.25, 0.3) is 5.91 Å². The lowest BCUT2D eigenvalue weighted by molar-refractivity contribution is 0.0696. The highest BCUT2D eigenvalue weighted by atomic mass is 16.4. The smallest absolute Gasteiger partial charge is 0.335 e. The van der Waals surface area contributed by atoms with E-state index in [0.717, 1.165) is 0 Å². The summed E-state index contributed by atoms with van der Waals surface area (Å²) in [6.07, 6.45) is 0. The van der Waals surface area contributed by atoms with Crippen molar-refractivity contribution in [3.8, 4) is 11.5 Å². The number of phenols is 2. The maximum atomic E-state index is 11.9. The normalized spacial score (nSPS) is 10.1. The third-order valence-electron chi connectivity index (χ3n) is 2.91. The molecule has 6 nitrogen and oxygen atoms in total. The van der Waals surface area contributed by atoms with E-state index in [0.29, 0.717) is 5.56 Å². The summed E-state index contributed by atoms with van der Waals surface area (Å²) in [6.45, 7) is 0.174. The topological polar surface area (TPSA) is 107 Å². The molecule has 0 aromatic heterocycles. The minimum atomic E-state index is -1.02. The van der Waals surface area contributed by atoms with Gasteiger partial charge in [0.05, 0.1) is 11.1 Å². The lowest BCUT2D eigenvalue weighted by Crippen LogP contribution is -2.22. The highest BCUT2D eigenvalue weighted by Crippen LogP contribution is 2.27. The van der Waals surface area contributed by atoms with Crippen LogP contribution < -0.4 is 5.32 Å². The van der Waals surface area contributed by atoms with Crippen LogP contribution in [0.15, 0.2) is 42.5 Å². The predicted octanol–water partition coefficient (Wildman–Crippen LogP) is 1.73. The minimum absolute atomic E-state index is 0.0304. The molecular weight excluding hydrogens is 274 g/mol. The van der Waals surface area contributed by atoms with E-state index in [-0.39, 0.29) is 23.4 Å². The molecule has 0 heterocycles. The van der Waals surface area contributed by atoms with Crippen LogP contribution in [0.5, 0.6) is 11.5 Å². The highest BCUT2D eigenvalue weighted by Gasteiger charge is 2.13. The number of para-hydroxylation sites is 1. The predicted molar refractivity (Wildman–Crippen MR) is 74.3 cm³/mol. The van der Waals surface area contributed by atoms with Crippen LogP contribution in [-0.4, -0.2) is 27.2 Å². The largest absolute Gasteiger partial charge is 0.504 e. The third kappa shape index (κ3) is 3.30. The van der Waals surface area contributed by atoms with Crippen molar-refractivity contribution in [3.05, 3.63) is 59.2 Å². The molecule has 0 saturated heterocycles. The molecule has 0 spiro atoms. The van der Waals surface area contributed by atoms with Crippen LogP contribution in [0.25, 0.3) is 0 Å². The summed E-state index contributed by atoms with van der Waals surface area (Å²) in [4.78, 5) is 22.6. The number of hydrogen-bond donors (Lipinski definition) is 4. The SMILES string of the molecule is O=C(O)c1ccc(CNC(=O)c2cccc(O)c2O)cc1. The molecule has 0 radical (unpaired) electrons. The summed E-state index contributed by atoms with van der Waals surface area (Å²) < 4.78 is 0. The van der Waals surface area contributed by atoms with Crippen LogP contribution >= 0.6 is 0 Å². The molecule has 0 atom stereocenters. The lowest BCUT2D eigenvalue weighted by Gasteiger charge is -2.08. The molecule has 0 bridgehead atoms. The number of aromatic carboxylic acids is 1. The van der Waals surface area contributed by atoms with Crippen LogP contribution in [0.1, 0.15) is 26.3 Å². The second kappa shape index (κ2) is 5.96. The molecule has 0 saturated carbocycles. The number of phenolic OH excluding ortho intramolecular Hbond substituents is 2. The van der Waals surface area contributed by atoms with Gasteiger partial charge in [0.1, 0.15) is 0 Å². The Balaban J connectivity index is 2.04. The van der Waals surface area contributed by atoms with Gasteiger partial charge in [-0.3, -0.25) is 4.79 Å². The Morgan fingerprint density at radius 2 is 1.67 bits per heavy atom. The second-order valence-electron chi connectivity index (χ2n) is 4.36. The first-order valence-corrected chi connectivity index (χ1v) is 6.10. The first kappa shape index (κ1) is 14.4. The third-order valence-corrected chi connectivity index (χ3v) is 2.91. The Labute approximate surface area is 120 Å². The molecule has 6 heteroatoms. The number of nitrogens with one attached hydrogen (secondary N) is 1. The number of benzene rings is 2. The summed E-state index contributed by atoms with van der Waals surface area (Å²) in [5, 5.41) is 30.3. The van der Waals surface area contributed by atoms with Gasteiger partial charge >= 0.3 is 5.97 Å². The zero-order valence-corrected chi connectivity index (χ0v) is 10.9. The van der Waals surface area contributed by atoms with Gasteiger partial charge in [-0.05, 0) is 29.8 Å². The zero-order valence-electron chi connectivity index (χ0n) is 10.9. The van der Waals surface area contributed by atoms with Gasteiger partial charge in [-0.15, -0.1) is 0 Å². The number of carboxylic acid groups (broad SMARTS) is 1. The van der Waals surface area contributed by atoms with Crippen molar-refractivity contribution in [3.63, 3.8) is 0 Å². The number of rotatable bonds is 4. The van der Waals surface area contributed by atoms with Gasteiger partial charge in [0.15, 0.2) is 11.5 Å². The molecule has 0 unspecified atom stereocenters. The van der Waals surface area contributed by atoms with Crippen molar-refractivity contribution in [2.75, 3.05) is 0 Å². The van der Waals surface area contributed by atoms with E-state index >= 15 is 0 Å². The molecule has 0 fully saturated rings. The van der Waals surface area contributed by atoms with Crippen molar-refractivity contribution < 1.29 is 24.9 Å². The Morgan fingerprint density at radius 1 is 1.00 bits per heavy atom.